The molecule has 6 N–H and O–H groups in total. The van der Waals surface area contributed by atoms with E-state index in [-0.39, 0.29) is 35.4 Å². The first-order chi connectivity index (χ1) is 21.0. The number of aryl methyl sites for hydroxylation is 1. The van der Waals surface area contributed by atoms with Gasteiger partial charge in [0, 0.05) is 30.7 Å². The molecule has 4 rings (SSSR count). The minimum atomic E-state index is -1.69. The van der Waals surface area contributed by atoms with E-state index in [1.807, 2.05) is 32.0 Å². The molecule has 0 spiro atoms. The van der Waals surface area contributed by atoms with Gasteiger partial charge in [0.05, 0.1) is 24.9 Å². The summed E-state index contributed by atoms with van der Waals surface area (Å²) in [5.74, 6) is -0.00999. The highest BCUT2D eigenvalue weighted by Gasteiger charge is 2.75. The molecule has 0 aromatic heterocycles. The number of unbranched alkanes of at least 4 members (excludes halogenated alkanes) is 3. The van der Waals surface area contributed by atoms with E-state index in [0.717, 1.165) is 38.5 Å². The summed E-state index contributed by atoms with van der Waals surface area (Å²) in [6, 6.07) is 10.1. The molecule has 9 nitrogen and oxygen atoms in total. The zero-order valence-corrected chi connectivity index (χ0v) is 26.7. The van der Waals surface area contributed by atoms with E-state index in [1.165, 1.54) is 5.56 Å². The van der Waals surface area contributed by atoms with Crippen LogP contribution in [0, 0.1) is 29.1 Å². The zero-order valence-electron chi connectivity index (χ0n) is 26.7. The molecule has 1 amide bonds. The molecule has 2 aliphatic carbocycles. The van der Waals surface area contributed by atoms with Gasteiger partial charge in [0.25, 0.3) is 0 Å². The summed E-state index contributed by atoms with van der Waals surface area (Å²) < 4.78 is 6.07. The van der Waals surface area contributed by atoms with Crippen molar-refractivity contribution >= 4 is 11.7 Å². The quantitative estimate of drug-likeness (QED) is 0.146. The van der Waals surface area contributed by atoms with Crippen LogP contribution in [0.5, 0.6) is 0 Å². The van der Waals surface area contributed by atoms with Crippen LogP contribution in [0.25, 0.3) is 0 Å². The molecule has 3 fully saturated rings. The first kappa shape index (κ1) is 35.0. The normalized spacial score (nSPS) is 36.1. The maximum absolute atomic E-state index is 13.5. The molecule has 1 heterocycles. The Kier molecular flexibility index (Phi) is 12.0. The number of rotatable bonds is 17. The molecule has 1 aromatic carbocycles. The van der Waals surface area contributed by atoms with Crippen molar-refractivity contribution in [3.63, 3.8) is 0 Å². The Bertz CT molecular complexity index is 1090. The van der Waals surface area contributed by atoms with Gasteiger partial charge in [-0.1, -0.05) is 63.4 Å². The number of hydrogen-bond acceptors (Lipinski definition) is 8. The predicted molar refractivity (Wildman–Crippen MR) is 166 cm³/mol. The van der Waals surface area contributed by atoms with Gasteiger partial charge in [-0.2, -0.15) is 0 Å². The zero-order chi connectivity index (χ0) is 32.1. The van der Waals surface area contributed by atoms with E-state index < -0.39 is 48.1 Å². The summed E-state index contributed by atoms with van der Waals surface area (Å²) in [6.45, 7) is 5.76. The summed E-state index contributed by atoms with van der Waals surface area (Å²) >= 11 is 0. The van der Waals surface area contributed by atoms with E-state index in [1.54, 1.807) is 6.92 Å². The molecule has 44 heavy (non-hydrogen) atoms. The second-order valence-electron chi connectivity index (χ2n) is 14.1. The van der Waals surface area contributed by atoms with Crippen LogP contribution < -0.4 is 5.32 Å². The molecule has 1 aromatic rings. The SMILES string of the molecule is CCNC(=O)CCCCCC[C@H]1C(=O)C[C@@H](CC2OC3C(C)(CO)C(O)C(O)C23O)[C@@H]1CC(C)[C@@H](O)CCc1ccccc1. The summed E-state index contributed by atoms with van der Waals surface area (Å²) in [7, 11) is 0. The van der Waals surface area contributed by atoms with Crippen molar-refractivity contribution in [2.24, 2.45) is 29.1 Å². The van der Waals surface area contributed by atoms with Crippen molar-refractivity contribution in [3.8, 4) is 0 Å². The number of aliphatic hydroxyl groups is 5. The van der Waals surface area contributed by atoms with Crippen molar-refractivity contribution in [3.05, 3.63) is 35.9 Å². The minimum Gasteiger partial charge on any atom is -0.396 e. The van der Waals surface area contributed by atoms with Gasteiger partial charge in [-0.3, -0.25) is 9.59 Å². The van der Waals surface area contributed by atoms with Crippen LogP contribution in [-0.2, 0) is 20.7 Å². The third-order valence-electron chi connectivity index (χ3n) is 11.1. The smallest absolute Gasteiger partial charge is 0.219 e. The molecule has 7 unspecified atom stereocenters. The van der Waals surface area contributed by atoms with E-state index in [9.17, 15) is 35.1 Å². The number of ether oxygens (including phenoxy) is 1. The molecular weight excluding hydrogens is 562 g/mol. The number of benzene rings is 1. The number of hydrogen-bond donors (Lipinski definition) is 6. The van der Waals surface area contributed by atoms with Crippen LogP contribution in [0.3, 0.4) is 0 Å². The Morgan fingerprint density at radius 2 is 1.82 bits per heavy atom. The van der Waals surface area contributed by atoms with Crippen molar-refractivity contribution < 1.29 is 39.9 Å². The number of carbonyl (C=O) groups excluding carboxylic acids is 2. The van der Waals surface area contributed by atoms with Gasteiger partial charge in [-0.05, 0) is 68.8 Å². The Labute approximate surface area is 262 Å². The van der Waals surface area contributed by atoms with Gasteiger partial charge in [-0.25, -0.2) is 0 Å². The third kappa shape index (κ3) is 7.24. The van der Waals surface area contributed by atoms with E-state index in [2.05, 4.69) is 17.4 Å². The summed E-state index contributed by atoms with van der Waals surface area (Å²) in [4.78, 5) is 25.2. The number of fused-ring (bicyclic) bond motifs is 1. The monoisotopic (exact) mass is 617 g/mol. The van der Waals surface area contributed by atoms with Crippen molar-refractivity contribution in [2.45, 2.75) is 128 Å². The van der Waals surface area contributed by atoms with Gasteiger partial charge in [0.15, 0.2) is 0 Å². The molecule has 9 heteroatoms. The number of carbonyl (C=O) groups is 2. The van der Waals surface area contributed by atoms with E-state index >= 15 is 0 Å². The maximum atomic E-state index is 13.5. The first-order valence-electron chi connectivity index (χ1n) is 16.8. The van der Waals surface area contributed by atoms with Crippen LogP contribution in [0.1, 0.15) is 90.5 Å². The number of aliphatic hydroxyl groups excluding tert-OH is 4. The molecule has 0 bridgehead atoms. The highest BCUT2D eigenvalue weighted by molar-refractivity contribution is 5.84. The van der Waals surface area contributed by atoms with Gasteiger partial charge < -0.3 is 35.6 Å². The van der Waals surface area contributed by atoms with Crippen LogP contribution in [0.2, 0.25) is 0 Å². The first-order valence-corrected chi connectivity index (χ1v) is 16.8. The molecular formula is C35H55NO8. The fourth-order valence-electron chi connectivity index (χ4n) is 8.21. The number of Topliss-reactive ketones (excluding diaryl/α,β-unsaturated/α-hetero) is 1. The molecule has 0 radical (unpaired) electrons. The van der Waals surface area contributed by atoms with Crippen LogP contribution in [0.4, 0.5) is 0 Å². The number of nitrogens with one attached hydrogen (secondary N) is 1. The minimum absolute atomic E-state index is 0.00171. The van der Waals surface area contributed by atoms with Gasteiger partial charge in [-0.15, -0.1) is 0 Å². The Balaban J connectivity index is 1.40. The van der Waals surface area contributed by atoms with Crippen molar-refractivity contribution in [1.82, 2.24) is 5.32 Å². The highest BCUT2D eigenvalue weighted by Crippen LogP contribution is 2.57. The maximum Gasteiger partial charge on any atom is 0.219 e. The Morgan fingerprint density at radius 3 is 2.50 bits per heavy atom. The third-order valence-corrected chi connectivity index (χ3v) is 11.1. The van der Waals surface area contributed by atoms with Gasteiger partial charge in [0.1, 0.15) is 23.6 Å². The van der Waals surface area contributed by atoms with E-state index in [4.69, 9.17) is 4.74 Å². The molecule has 3 aliphatic rings. The van der Waals surface area contributed by atoms with Gasteiger partial charge in [0.2, 0.25) is 5.91 Å². The lowest BCUT2D eigenvalue weighted by atomic mass is 9.71. The predicted octanol–water partition coefficient (Wildman–Crippen LogP) is 2.93. The lowest BCUT2D eigenvalue weighted by Gasteiger charge is -2.53. The standard InChI is InChI=1S/C35H55NO8/c1-4-36-30(40)15-11-6-5-10-14-25-26(18-22(2)27(38)17-16-23-12-8-7-9-13-23)24(19-28(25)39)20-29-35(43)32(42)31(41)34(3,21-37)33(35)44-29/h7-9,12-13,22,24-27,29,31-33,37-38,41-43H,4-6,10-11,14-21H2,1-3H3,(H,36,40)/t22?,24-,25+,26-,27-,29?,31?,32?,33?,34?,35?/m0/s1. The number of ketones is 1. The second kappa shape index (κ2) is 15.1. The Hall–Kier alpha value is -1.88. The average Bonchev–Trinajstić information content (AvgIpc) is 3.36. The fraction of sp³-hybridized carbons (Fsp3) is 0.771. The fourth-order valence-corrected chi connectivity index (χ4v) is 8.21. The topological polar surface area (TPSA) is 157 Å². The summed E-state index contributed by atoms with van der Waals surface area (Å²) in [5.41, 5.74) is -1.69. The molecule has 1 saturated heterocycles. The average molecular weight is 618 g/mol. The lowest BCUT2D eigenvalue weighted by molar-refractivity contribution is -0.322. The lowest BCUT2D eigenvalue weighted by Crippen LogP contribution is -2.70. The summed E-state index contributed by atoms with van der Waals surface area (Å²) in [5, 5.41) is 56.9. The van der Waals surface area contributed by atoms with Gasteiger partial charge >= 0.3 is 0 Å². The van der Waals surface area contributed by atoms with Crippen LogP contribution in [0.15, 0.2) is 30.3 Å². The van der Waals surface area contributed by atoms with E-state index in [0.29, 0.717) is 38.6 Å². The molecule has 11 atom stereocenters. The Morgan fingerprint density at radius 1 is 1.11 bits per heavy atom. The van der Waals surface area contributed by atoms with Crippen molar-refractivity contribution in [2.75, 3.05) is 13.2 Å². The largest absolute Gasteiger partial charge is 0.396 e. The second-order valence-corrected chi connectivity index (χ2v) is 14.1. The van der Waals surface area contributed by atoms with Crippen LogP contribution >= 0.6 is 0 Å². The van der Waals surface area contributed by atoms with Crippen LogP contribution in [-0.4, -0.2) is 86.5 Å². The highest BCUT2D eigenvalue weighted by atomic mass is 16.6. The molecule has 248 valence electrons. The summed E-state index contributed by atoms with van der Waals surface area (Å²) in [6.07, 6.45) is 2.68. The van der Waals surface area contributed by atoms with Crippen molar-refractivity contribution in [1.29, 1.82) is 0 Å². The molecule has 1 aliphatic heterocycles. The molecule has 2 saturated carbocycles. The number of amides is 1.